The molecule has 4 rings (SSSR count). The van der Waals surface area contributed by atoms with Crippen molar-refractivity contribution in [3.05, 3.63) is 65.7 Å². The molecule has 0 aliphatic carbocycles. The van der Waals surface area contributed by atoms with Crippen LogP contribution in [0.2, 0.25) is 0 Å². The molecule has 2 aliphatic heterocycles. The molecule has 0 radical (unpaired) electrons. The lowest BCUT2D eigenvalue weighted by Gasteiger charge is -2.40. The summed E-state index contributed by atoms with van der Waals surface area (Å²) < 4.78 is 26.3. The number of esters is 2. The topological polar surface area (TPSA) is 222 Å². The SMILES string of the molecule is O=C(C=Cc1ccc(O)c(O)c1)OC[C@]1(O)CO[C@H](OC[C@H]2O[C@@H](OC(=O)c3ccccc3)[C@H](O)[C@@H](O)[C@@H]2O)[C@H]1O. The van der Waals surface area contributed by atoms with Crippen LogP contribution >= 0.6 is 0 Å². The molecular weight excluding hydrogens is 548 g/mol. The van der Waals surface area contributed by atoms with Crippen molar-refractivity contribution in [3.8, 4) is 11.5 Å². The van der Waals surface area contributed by atoms with Crippen molar-refractivity contribution >= 4 is 18.0 Å². The summed E-state index contributed by atoms with van der Waals surface area (Å²) in [4.78, 5) is 24.4. The number of aliphatic hydroxyl groups excluding tert-OH is 4. The van der Waals surface area contributed by atoms with Gasteiger partial charge >= 0.3 is 11.9 Å². The molecule has 222 valence electrons. The number of aromatic hydroxyl groups is 2. The Morgan fingerprint density at radius 1 is 0.951 bits per heavy atom. The standard InChI is InChI=1S/C27H30O14/c28-16-8-6-14(10-17(16)29)7-9-19(30)38-12-27(36)13-39-26(23(27)34)37-11-18-20(31)21(32)22(33)25(40-18)41-24(35)15-4-2-1-3-5-15/h1-10,18,20-23,25-26,28-29,31-34,36H,11-13H2/t18-,20-,21+,22-,23-,25+,26+,27+/m1/s1. The molecule has 0 spiro atoms. The monoisotopic (exact) mass is 578 g/mol. The van der Waals surface area contributed by atoms with E-state index in [0.717, 1.165) is 6.08 Å². The van der Waals surface area contributed by atoms with Crippen LogP contribution in [0.15, 0.2) is 54.6 Å². The minimum absolute atomic E-state index is 0.161. The van der Waals surface area contributed by atoms with Gasteiger partial charge in [0.1, 0.15) is 37.1 Å². The number of phenols is 2. The highest BCUT2D eigenvalue weighted by Crippen LogP contribution is 2.29. The summed E-state index contributed by atoms with van der Waals surface area (Å²) in [6.45, 7) is -1.69. The van der Waals surface area contributed by atoms with Gasteiger partial charge in [0, 0.05) is 6.08 Å². The van der Waals surface area contributed by atoms with E-state index in [-0.39, 0.29) is 17.1 Å². The quantitative estimate of drug-likeness (QED) is 0.105. The van der Waals surface area contributed by atoms with Crippen molar-refractivity contribution in [2.45, 2.75) is 48.7 Å². The van der Waals surface area contributed by atoms with Crippen molar-refractivity contribution in [1.29, 1.82) is 0 Å². The molecule has 41 heavy (non-hydrogen) atoms. The normalized spacial score (nSPS) is 31.7. The Labute approximate surface area is 233 Å². The van der Waals surface area contributed by atoms with Crippen molar-refractivity contribution in [2.24, 2.45) is 0 Å². The lowest BCUT2D eigenvalue weighted by Crippen LogP contribution is -2.60. The summed E-state index contributed by atoms with van der Waals surface area (Å²) in [5.74, 6) is -2.44. The molecular formula is C27H30O14. The highest BCUT2D eigenvalue weighted by Gasteiger charge is 2.51. The van der Waals surface area contributed by atoms with Crippen LogP contribution in [0.3, 0.4) is 0 Å². The molecule has 7 N–H and O–H groups in total. The molecule has 14 heteroatoms. The van der Waals surface area contributed by atoms with E-state index in [1.807, 2.05) is 0 Å². The van der Waals surface area contributed by atoms with Gasteiger partial charge in [-0.15, -0.1) is 0 Å². The Bertz CT molecular complexity index is 1240. The number of phenolic OH excluding ortho intramolecular Hbond substituents is 2. The average Bonchev–Trinajstić information content (AvgIpc) is 3.25. The first-order valence-electron chi connectivity index (χ1n) is 12.4. The van der Waals surface area contributed by atoms with Gasteiger partial charge in [0.15, 0.2) is 23.4 Å². The Balaban J connectivity index is 1.28. The zero-order valence-corrected chi connectivity index (χ0v) is 21.4. The maximum atomic E-state index is 12.4. The van der Waals surface area contributed by atoms with E-state index in [9.17, 15) is 45.3 Å². The fourth-order valence-corrected chi connectivity index (χ4v) is 4.06. The predicted octanol–water partition coefficient (Wildman–Crippen LogP) is -1.22. The average molecular weight is 579 g/mol. The van der Waals surface area contributed by atoms with Crippen LogP contribution in [0.5, 0.6) is 11.5 Å². The van der Waals surface area contributed by atoms with Gasteiger partial charge in [-0.2, -0.15) is 0 Å². The summed E-state index contributed by atoms with van der Waals surface area (Å²) >= 11 is 0. The molecule has 14 nitrogen and oxygen atoms in total. The molecule has 0 saturated carbocycles. The smallest absolute Gasteiger partial charge is 0.340 e. The molecule has 2 heterocycles. The third kappa shape index (κ3) is 7.19. The van der Waals surface area contributed by atoms with Crippen molar-refractivity contribution in [3.63, 3.8) is 0 Å². The maximum Gasteiger partial charge on any atom is 0.340 e. The molecule has 2 aliphatic rings. The molecule has 0 bridgehead atoms. The zero-order chi connectivity index (χ0) is 29.7. The third-order valence-electron chi connectivity index (χ3n) is 6.51. The molecule has 2 saturated heterocycles. The van der Waals surface area contributed by atoms with Gasteiger partial charge in [0.05, 0.1) is 18.8 Å². The van der Waals surface area contributed by atoms with Crippen LogP contribution < -0.4 is 0 Å². The van der Waals surface area contributed by atoms with Crippen LogP contribution in [0.4, 0.5) is 0 Å². The van der Waals surface area contributed by atoms with Crippen molar-refractivity contribution in [2.75, 3.05) is 19.8 Å². The van der Waals surface area contributed by atoms with Gasteiger partial charge in [-0.25, -0.2) is 9.59 Å². The zero-order valence-electron chi connectivity index (χ0n) is 21.4. The largest absolute Gasteiger partial charge is 0.504 e. The Morgan fingerprint density at radius 2 is 1.68 bits per heavy atom. The summed E-state index contributed by atoms with van der Waals surface area (Å²) in [6, 6.07) is 11.7. The second kappa shape index (κ2) is 12.9. The van der Waals surface area contributed by atoms with Crippen molar-refractivity contribution < 1.29 is 69.0 Å². The number of carbonyl (C=O) groups is 2. The van der Waals surface area contributed by atoms with Gasteiger partial charge in [0.2, 0.25) is 6.29 Å². The summed E-state index contributed by atoms with van der Waals surface area (Å²) in [6.07, 6.45) is -9.06. The van der Waals surface area contributed by atoms with Crippen LogP contribution in [0.1, 0.15) is 15.9 Å². The Morgan fingerprint density at radius 3 is 2.39 bits per heavy atom. The Hall–Kier alpha value is -3.60. The summed E-state index contributed by atoms with van der Waals surface area (Å²) in [5, 5.41) is 70.9. The second-order valence-electron chi connectivity index (χ2n) is 9.54. The first-order valence-corrected chi connectivity index (χ1v) is 12.4. The lowest BCUT2D eigenvalue weighted by molar-refractivity contribution is -0.295. The molecule has 2 aromatic carbocycles. The fraction of sp³-hybridized carbons (Fsp3) is 0.407. The highest BCUT2D eigenvalue weighted by molar-refractivity contribution is 5.89. The van der Waals surface area contributed by atoms with E-state index in [2.05, 4.69) is 0 Å². The second-order valence-corrected chi connectivity index (χ2v) is 9.54. The fourth-order valence-electron chi connectivity index (χ4n) is 4.06. The minimum Gasteiger partial charge on any atom is -0.504 e. The van der Waals surface area contributed by atoms with Crippen LogP contribution in [0.25, 0.3) is 6.08 Å². The molecule has 0 amide bonds. The number of rotatable bonds is 9. The first-order chi connectivity index (χ1) is 19.5. The van der Waals surface area contributed by atoms with E-state index < -0.39 is 80.5 Å². The lowest BCUT2D eigenvalue weighted by atomic mass is 9.99. The maximum absolute atomic E-state index is 12.4. The van der Waals surface area contributed by atoms with Gasteiger partial charge in [-0.05, 0) is 35.9 Å². The van der Waals surface area contributed by atoms with Gasteiger partial charge in [-0.3, -0.25) is 0 Å². The van der Waals surface area contributed by atoms with Crippen LogP contribution in [0, 0.1) is 0 Å². The molecule has 0 unspecified atom stereocenters. The number of benzene rings is 2. The number of carbonyl (C=O) groups excluding carboxylic acids is 2. The summed E-state index contributed by atoms with van der Waals surface area (Å²) in [5.41, 5.74) is -1.51. The Kier molecular flexibility index (Phi) is 9.57. The summed E-state index contributed by atoms with van der Waals surface area (Å²) in [7, 11) is 0. The number of aliphatic hydroxyl groups is 5. The molecule has 2 aromatic rings. The number of hydrogen-bond donors (Lipinski definition) is 7. The molecule has 8 atom stereocenters. The van der Waals surface area contributed by atoms with Gasteiger partial charge in [-0.1, -0.05) is 24.3 Å². The van der Waals surface area contributed by atoms with Crippen molar-refractivity contribution in [1.82, 2.24) is 0 Å². The van der Waals surface area contributed by atoms with Crippen LogP contribution in [-0.2, 0) is 28.5 Å². The molecule has 0 aromatic heterocycles. The van der Waals surface area contributed by atoms with Crippen LogP contribution in [-0.4, -0.2) is 116 Å². The third-order valence-corrected chi connectivity index (χ3v) is 6.51. The molecule has 2 fully saturated rings. The van der Waals surface area contributed by atoms with E-state index in [4.69, 9.17) is 23.7 Å². The first kappa shape index (κ1) is 30.4. The minimum atomic E-state index is -2.06. The van der Waals surface area contributed by atoms with E-state index in [1.165, 1.54) is 36.4 Å². The van der Waals surface area contributed by atoms with Gasteiger partial charge in [0.25, 0.3) is 0 Å². The van der Waals surface area contributed by atoms with E-state index in [1.54, 1.807) is 18.2 Å². The number of ether oxygens (including phenoxy) is 5. The predicted molar refractivity (Wildman–Crippen MR) is 135 cm³/mol. The number of hydrogen-bond acceptors (Lipinski definition) is 14. The highest BCUT2D eigenvalue weighted by atomic mass is 16.7. The van der Waals surface area contributed by atoms with E-state index in [0.29, 0.717) is 5.56 Å². The van der Waals surface area contributed by atoms with E-state index >= 15 is 0 Å². The van der Waals surface area contributed by atoms with Gasteiger partial charge < -0.3 is 59.4 Å².